The Bertz CT molecular complexity index is 533. The lowest BCUT2D eigenvalue weighted by molar-refractivity contribution is 0.0200. The standard InChI is InChI=1S/C20H36ClN5O/c1-12-10-16(22-2)26-20(24-12)25-15-11-14-6-9-27-19(14)17(18(15)21)13-4-3-7-23-8-5-13/h5,12,14-20,22-26H,3-4,6-11H2,1-2H3. The molecule has 8 unspecified atom stereocenters. The molecule has 6 nitrogen and oxygen atoms in total. The van der Waals surface area contributed by atoms with Gasteiger partial charge in [-0.05, 0) is 58.5 Å². The molecule has 3 fully saturated rings. The zero-order valence-corrected chi connectivity index (χ0v) is 17.4. The number of nitrogens with one attached hydrogen (secondary N) is 5. The lowest BCUT2D eigenvalue weighted by atomic mass is 9.71. The first-order valence-corrected chi connectivity index (χ1v) is 11.2. The van der Waals surface area contributed by atoms with Gasteiger partial charge in [-0.3, -0.25) is 16.0 Å². The van der Waals surface area contributed by atoms with Crippen molar-refractivity contribution in [2.75, 3.05) is 26.7 Å². The van der Waals surface area contributed by atoms with Crippen LogP contribution in [0.2, 0.25) is 0 Å². The fourth-order valence-electron chi connectivity index (χ4n) is 5.43. The van der Waals surface area contributed by atoms with E-state index >= 15 is 0 Å². The Morgan fingerprint density at radius 3 is 3.00 bits per heavy atom. The number of hydrogen-bond donors (Lipinski definition) is 5. The number of alkyl halides is 1. The molecule has 0 radical (unpaired) electrons. The van der Waals surface area contributed by atoms with Gasteiger partial charge in [0.1, 0.15) is 6.29 Å². The van der Waals surface area contributed by atoms with Gasteiger partial charge in [0.25, 0.3) is 0 Å². The van der Waals surface area contributed by atoms with Gasteiger partial charge in [0, 0.05) is 31.2 Å². The van der Waals surface area contributed by atoms with E-state index in [1.807, 2.05) is 7.05 Å². The van der Waals surface area contributed by atoms with Crippen LogP contribution in [0.1, 0.15) is 39.0 Å². The quantitative estimate of drug-likeness (QED) is 0.361. The van der Waals surface area contributed by atoms with Crippen LogP contribution < -0.4 is 26.6 Å². The van der Waals surface area contributed by atoms with Crippen LogP contribution in [0.3, 0.4) is 0 Å². The monoisotopic (exact) mass is 397 g/mol. The summed E-state index contributed by atoms with van der Waals surface area (Å²) in [6, 6.07) is 0.747. The number of fused-ring (bicyclic) bond motifs is 1. The van der Waals surface area contributed by atoms with Gasteiger partial charge in [-0.2, -0.15) is 0 Å². The summed E-state index contributed by atoms with van der Waals surface area (Å²) >= 11 is 7.15. The number of ether oxygens (including phenoxy) is 1. The minimum absolute atomic E-state index is 0.0579. The summed E-state index contributed by atoms with van der Waals surface area (Å²) in [5, 5.41) is 18.0. The van der Waals surface area contributed by atoms with Crippen LogP contribution in [0.15, 0.2) is 11.6 Å². The zero-order valence-electron chi connectivity index (χ0n) is 16.6. The number of hydrogen-bond acceptors (Lipinski definition) is 6. The first-order valence-electron chi connectivity index (χ1n) is 10.8. The summed E-state index contributed by atoms with van der Waals surface area (Å²) in [4.78, 5) is 0. The van der Waals surface area contributed by atoms with Crippen LogP contribution in [-0.2, 0) is 4.74 Å². The van der Waals surface area contributed by atoms with Crippen molar-refractivity contribution in [3.63, 3.8) is 0 Å². The molecule has 0 aromatic carbocycles. The van der Waals surface area contributed by atoms with E-state index in [4.69, 9.17) is 16.3 Å². The van der Waals surface area contributed by atoms with Gasteiger partial charge >= 0.3 is 0 Å². The number of rotatable bonds is 4. The van der Waals surface area contributed by atoms with E-state index in [1.54, 1.807) is 0 Å². The molecule has 0 aromatic rings. The predicted octanol–water partition coefficient (Wildman–Crippen LogP) is 1.09. The van der Waals surface area contributed by atoms with E-state index in [-0.39, 0.29) is 17.7 Å². The van der Waals surface area contributed by atoms with Crippen molar-refractivity contribution < 1.29 is 4.74 Å². The third-order valence-corrected chi connectivity index (χ3v) is 7.37. The topological polar surface area (TPSA) is 69.4 Å². The SMILES string of the molecule is CNC1CC(C)NC(NC2CC3CCOC3C(C3=CCNCCC3)C2Cl)N1. The molecule has 3 aliphatic heterocycles. The summed E-state index contributed by atoms with van der Waals surface area (Å²) < 4.78 is 6.21. The van der Waals surface area contributed by atoms with Gasteiger partial charge in [-0.1, -0.05) is 11.6 Å². The first-order chi connectivity index (χ1) is 13.2. The minimum Gasteiger partial charge on any atom is -0.377 e. The Morgan fingerprint density at radius 1 is 1.26 bits per heavy atom. The van der Waals surface area contributed by atoms with E-state index in [1.165, 1.54) is 12.0 Å². The molecule has 5 N–H and O–H groups in total. The van der Waals surface area contributed by atoms with Crippen LogP contribution in [-0.4, -0.2) is 62.8 Å². The van der Waals surface area contributed by atoms with E-state index < -0.39 is 0 Å². The molecule has 0 amide bonds. The molecular formula is C20H36ClN5O. The second-order valence-corrected chi connectivity index (χ2v) is 9.20. The zero-order chi connectivity index (χ0) is 18.8. The molecular weight excluding hydrogens is 362 g/mol. The summed E-state index contributed by atoms with van der Waals surface area (Å²) in [5.74, 6) is 0.937. The molecule has 4 rings (SSSR count). The maximum absolute atomic E-state index is 7.15. The highest BCUT2D eigenvalue weighted by molar-refractivity contribution is 6.21. The summed E-state index contributed by atoms with van der Waals surface area (Å²) in [6.07, 6.45) is 8.75. The Labute approximate surface area is 168 Å². The smallest absolute Gasteiger partial charge is 0.113 e. The summed E-state index contributed by atoms with van der Waals surface area (Å²) in [6.45, 7) is 5.17. The fourth-order valence-corrected chi connectivity index (χ4v) is 5.91. The Kier molecular flexibility index (Phi) is 6.75. The van der Waals surface area contributed by atoms with Crippen molar-refractivity contribution in [3.8, 4) is 0 Å². The third kappa shape index (κ3) is 4.53. The molecule has 1 saturated carbocycles. The van der Waals surface area contributed by atoms with Crippen molar-refractivity contribution in [2.24, 2.45) is 11.8 Å². The third-order valence-electron chi connectivity index (χ3n) is 6.79. The van der Waals surface area contributed by atoms with Crippen molar-refractivity contribution in [3.05, 3.63) is 11.6 Å². The maximum atomic E-state index is 7.15. The van der Waals surface area contributed by atoms with Crippen molar-refractivity contribution in [1.29, 1.82) is 0 Å². The van der Waals surface area contributed by atoms with E-state index in [9.17, 15) is 0 Å². The molecule has 2 saturated heterocycles. The normalized spacial score (nSPS) is 45.8. The Balaban J connectivity index is 1.48. The molecule has 3 heterocycles. The lowest BCUT2D eigenvalue weighted by Crippen LogP contribution is -2.69. The predicted molar refractivity (Wildman–Crippen MR) is 110 cm³/mol. The van der Waals surface area contributed by atoms with Gasteiger partial charge in [0.2, 0.25) is 0 Å². The molecule has 8 atom stereocenters. The maximum Gasteiger partial charge on any atom is 0.113 e. The van der Waals surface area contributed by atoms with E-state index in [0.29, 0.717) is 30.1 Å². The fraction of sp³-hybridized carbons (Fsp3) is 0.900. The largest absolute Gasteiger partial charge is 0.377 e. The van der Waals surface area contributed by atoms with Crippen LogP contribution in [0.5, 0.6) is 0 Å². The minimum atomic E-state index is 0.0579. The lowest BCUT2D eigenvalue weighted by Gasteiger charge is -2.46. The van der Waals surface area contributed by atoms with Gasteiger partial charge < -0.3 is 15.4 Å². The highest BCUT2D eigenvalue weighted by Gasteiger charge is 2.48. The molecule has 4 aliphatic rings. The first kappa shape index (κ1) is 20.1. The Morgan fingerprint density at radius 2 is 2.15 bits per heavy atom. The second-order valence-electron chi connectivity index (χ2n) is 8.69. The van der Waals surface area contributed by atoms with E-state index in [0.717, 1.165) is 45.4 Å². The molecule has 154 valence electrons. The molecule has 0 aromatic heterocycles. The van der Waals surface area contributed by atoms with Crippen LogP contribution in [0, 0.1) is 11.8 Å². The molecule has 1 aliphatic carbocycles. The van der Waals surface area contributed by atoms with Crippen LogP contribution in [0.25, 0.3) is 0 Å². The summed E-state index contributed by atoms with van der Waals surface area (Å²) in [5.41, 5.74) is 1.51. The van der Waals surface area contributed by atoms with Crippen molar-refractivity contribution in [2.45, 2.75) is 75.0 Å². The van der Waals surface area contributed by atoms with Gasteiger partial charge in [0.15, 0.2) is 0 Å². The number of halogens is 1. The summed E-state index contributed by atoms with van der Waals surface area (Å²) in [7, 11) is 2.01. The molecule has 0 bridgehead atoms. The van der Waals surface area contributed by atoms with Gasteiger partial charge in [-0.15, -0.1) is 11.6 Å². The molecule has 0 spiro atoms. The van der Waals surface area contributed by atoms with Crippen molar-refractivity contribution >= 4 is 11.6 Å². The highest BCUT2D eigenvalue weighted by atomic mass is 35.5. The second kappa shape index (κ2) is 9.08. The average molecular weight is 398 g/mol. The molecule has 27 heavy (non-hydrogen) atoms. The van der Waals surface area contributed by atoms with Gasteiger partial charge in [-0.25, -0.2) is 0 Å². The highest BCUT2D eigenvalue weighted by Crippen LogP contribution is 2.44. The van der Waals surface area contributed by atoms with E-state index in [2.05, 4.69) is 39.6 Å². The van der Waals surface area contributed by atoms with Crippen molar-refractivity contribution in [1.82, 2.24) is 26.6 Å². The molecule has 7 heteroatoms. The van der Waals surface area contributed by atoms with Crippen LogP contribution in [0.4, 0.5) is 0 Å². The Hall–Kier alpha value is -0.210. The van der Waals surface area contributed by atoms with Gasteiger partial charge in [0.05, 0.1) is 17.6 Å². The average Bonchev–Trinajstić information content (AvgIpc) is 2.95. The van der Waals surface area contributed by atoms with Crippen LogP contribution >= 0.6 is 11.6 Å².